The normalized spacial score (nSPS) is 8.53. The van der Waals surface area contributed by atoms with Gasteiger partial charge in [-0.25, -0.2) is 9.59 Å². The van der Waals surface area contributed by atoms with Crippen LogP contribution in [0.3, 0.4) is 0 Å². The minimum absolute atomic E-state index is 0.121. The van der Waals surface area contributed by atoms with E-state index in [-0.39, 0.29) is 12.2 Å². The van der Waals surface area contributed by atoms with E-state index in [1.807, 2.05) is 30.3 Å². The Morgan fingerprint density at radius 3 is 2.06 bits per heavy atom. The molecule has 2 N–H and O–H groups in total. The van der Waals surface area contributed by atoms with Crippen molar-refractivity contribution in [1.82, 2.24) is 0 Å². The molecule has 1 aromatic rings. The first-order chi connectivity index (χ1) is 7.93. The van der Waals surface area contributed by atoms with Gasteiger partial charge in [0.15, 0.2) is 0 Å². The molecule has 0 radical (unpaired) electrons. The van der Waals surface area contributed by atoms with Crippen LogP contribution in [-0.2, 0) is 16.1 Å². The van der Waals surface area contributed by atoms with E-state index in [0.29, 0.717) is 0 Å². The maximum atomic E-state index is 9.95. The molecular weight excluding hydrogens is 224 g/mol. The first-order valence-electron chi connectivity index (χ1n) is 4.72. The lowest BCUT2D eigenvalue weighted by Gasteiger charge is -1.98. The molecule has 0 fully saturated rings. The maximum Gasteiger partial charge on any atom is 0.506 e. The molecule has 0 heterocycles. The summed E-state index contributed by atoms with van der Waals surface area (Å²) < 4.78 is 4.34. The number of carboxylic acid groups (broad SMARTS) is 2. The first kappa shape index (κ1) is 14.7. The van der Waals surface area contributed by atoms with E-state index in [0.717, 1.165) is 5.56 Å². The van der Waals surface area contributed by atoms with Gasteiger partial charge in [-0.1, -0.05) is 36.9 Å². The van der Waals surface area contributed by atoms with Crippen molar-refractivity contribution in [3.63, 3.8) is 0 Å². The van der Waals surface area contributed by atoms with Crippen molar-refractivity contribution in [1.29, 1.82) is 0 Å². The van der Waals surface area contributed by atoms with Gasteiger partial charge in [0.25, 0.3) is 0 Å². The predicted molar refractivity (Wildman–Crippen MR) is 61.7 cm³/mol. The highest BCUT2D eigenvalue weighted by Gasteiger charge is 1.95. The van der Waals surface area contributed by atoms with Gasteiger partial charge in [0.2, 0.25) is 0 Å². The third kappa shape index (κ3) is 8.68. The number of hydrogen-bond acceptors (Lipinski definition) is 3. The summed E-state index contributed by atoms with van der Waals surface area (Å²) in [5, 5.41) is 16.0. The third-order valence-electron chi connectivity index (χ3n) is 1.57. The molecule has 1 aromatic carbocycles. The highest BCUT2D eigenvalue weighted by atomic mass is 16.7. The molecule has 5 heteroatoms. The second-order valence-electron chi connectivity index (χ2n) is 3.13. The highest BCUT2D eigenvalue weighted by Crippen LogP contribution is 1.99. The lowest BCUT2D eigenvalue weighted by molar-refractivity contribution is -0.132. The molecule has 0 amide bonds. The Morgan fingerprint density at radius 2 is 1.71 bits per heavy atom. The minimum Gasteiger partial charge on any atom is -0.478 e. The number of carboxylic acids is 1. The van der Waals surface area contributed by atoms with E-state index in [2.05, 4.69) is 11.3 Å². The fraction of sp³-hybridized carbons (Fsp3) is 0.167. The fourth-order valence-electron chi connectivity index (χ4n) is 0.719. The molecule has 1 rings (SSSR count). The van der Waals surface area contributed by atoms with Crippen LogP contribution < -0.4 is 0 Å². The summed E-state index contributed by atoms with van der Waals surface area (Å²) in [6, 6.07) is 9.15. The van der Waals surface area contributed by atoms with Gasteiger partial charge >= 0.3 is 12.1 Å². The zero-order valence-electron chi connectivity index (χ0n) is 9.42. The van der Waals surface area contributed by atoms with E-state index in [1.165, 1.54) is 6.92 Å². The van der Waals surface area contributed by atoms with Crippen molar-refractivity contribution in [3.8, 4) is 0 Å². The van der Waals surface area contributed by atoms with Crippen molar-refractivity contribution in [2.45, 2.75) is 13.5 Å². The standard InChI is InChI=1S/C8H8O3.C4H6O2/c9-8(10)11-6-7-4-2-1-3-5-7;1-3(2)4(5)6/h1-5H,6H2,(H,9,10);1H2,2H3,(H,5,6). The highest BCUT2D eigenvalue weighted by molar-refractivity contribution is 5.84. The van der Waals surface area contributed by atoms with Crippen molar-refractivity contribution >= 4 is 12.1 Å². The van der Waals surface area contributed by atoms with Gasteiger partial charge < -0.3 is 14.9 Å². The van der Waals surface area contributed by atoms with Crippen LogP contribution in [0.15, 0.2) is 42.5 Å². The van der Waals surface area contributed by atoms with Crippen LogP contribution in [0.4, 0.5) is 4.79 Å². The zero-order chi connectivity index (χ0) is 13.3. The van der Waals surface area contributed by atoms with Crippen LogP contribution in [0, 0.1) is 0 Å². The van der Waals surface area contributed by atoms with Crippen LogP contribution in [0.5, 0.6) is 0 Å². The molecule has 0 aliphatic heterocycles. The number of aliphatic carboxylic acids is 1. The number of carbonyl (C=O) groups is 2. The first-order valence-corrected chi connectivity index (χ1v) is 4.72. The number of hydrogen-bond donors (Lipinski definition) is 2. The van der Waals surface area contributed by atoms with Crippen molar-refractivity contribution in [2.24, 2.45) is 0 Å². The SMILES string of the molecule is C=C(C)C(=O)O.O=C(O)OCc1ccccc1. The monoisotopic (exact) mass is 238 g/mol. The van der Waals surface area contributed by atoms with E-state index >= 15 is 0 Å². The molecule has 0 aromatic heterocycles. The molecule has 0 saturated heterocycles. The Labute approximate surface area is 99.0 Å². The Hall–Kier alpha value is -2.30. The Kier molecular flexibility index (Phi) is 6.85. The van der Waals surface area contributed by atoms with Crippen molar-refractivity contribution < 1.29 is 24.5 Å². The third-order valence-corrected chi connectivity index (χ3v) is 1.57. The second kappa shape index (κ2) is 7.92. The van der Waals surface area contributed by atoms with Crippen LogP contribution in [0.1, 0.15) is 12.5 Å². The van der Waals surface area contributed by atoms with Gasteiger partial charge in [-0.2, -0.15) is 0 Å². The Bertz CT molecular complexity index is 371. The summed E-state index contributed by atoms with van der Waals surface area (Å²) in [6.45, 7) is 4.72. The molecule has 0 bridgehead atoms. The number of ether oxygens (including phenoxy) is 1. The maximum absolute atomic E-state index is 9.95. The average molecular weight is 238 g/mol. The van der Waals surface area contributed by atoms with Gasteiger partial charge in [-0.3, -0.25) is 0 Å². The summed E-state index contributed by atoms with van der Waals surface area (Å²) in [7, 11) is 0. The van der Waals surface area contributed by atoms with Gasteiger partial charge in [-0.05, 0) is 12.5 Å². The lowest BCUT2D eigenvalue weighted by atomic mass is 10.2. The van der Waals surface area contributed by atoms with Crippen LogP contribution >= 0.6 is 0 Å². The van der Waals surface area contributed by atoms with Crippen molar-refractivity contribution in [2.75, 3.05) is 0 Å². The summed E-state index contributed by atoms with van der Waals surface area (Å²) >= 11 is 0. The number of benzene rings is 1. The van der Waals surface area contributed by atoms with Crippen LogP contribution in [0.2, 0.25) is 0 Å². The topological polar surface area (TPSA) is 83.8 Å². The summed E-state index contributed by atoms with van der Waals surface area (Å²) in [4.78, 5) is 19.5. The van der Waals surface area contributed by atoms with Crippen LogP contribution in [0.25, 0.3) is 0 Å². The van der Waals surface area contributed by atoms with Gasteiger partial charge in [0.05, 0.1) is 0 Å². The molecule has 0 spiro atoms. The average Bonchev–Trinajstić information content (AvgIpc) is 2.28. The van der Waals surface area contributed by atoms with Gasteiger partial charge in [0, 0.05) is 5.57 Å². The number of rotatable bonds is 3. The molecule has 0 aliphatic rings. The molecule has 0 aliphatic carbocycles. The molecule has 0 saturated carbocycles. The van der Waals surface area contributed by atoms with E-state index in [9.17, 15) is 9.59 Å². The van der Waals surface area contributed by atoms with Gasteiger partial charge in [0.1, 0.15) is 6.61 Å². The van der Waals surface area contributed by atoms with E-state index in [1.54, 1.807) is 0 Å². The van der Waals surface area contributed by atoms with Crippen LogP contribution in [-0.4, -0.2) is 22.3 Å². The van der Waals surface area contributed by atoms with E-state index < -0.39 is 12.1 Å². The predicted octanol–water partition coefficient (Wildman–Crippen LogP) is 2.53. The molecule has 0 atom stereocenters. The zero-order valence-corrected chi connectivity index (χ0v) is 9.42. The largest absolute Gasteiger partial charge is 0.506 e. The summed E-state index contributed by atoms with van der Waals surface area (Å²) in [5.74, 6) is -0.935. The van der Waals surface area contributed by atoms with E-state index in [4.69, 9.17) is 10.2 Å². The Balaban J connectivity index is 0.000000366. The summed E-state index contributed by atoms with van der Waals surface area (Å²) in [5.41, 5.74) is 1.03. The molecule has 5 nitrogen and oxygen atoms in total. The summed E-state index contributed by atoms with van der Waals surface area (Å²) in [6.07, 6.45) is -1.24. The molecule has 0 unspecified atom stereocenters. The minimum atomic E-state index is -1.24. The molecular formula is C12H14O5. The van der Waals surface area contributed by atoms with Gasteiger partial charge in [-0.15, -0.1) is 0 Å². The lowest BCUT2D eigenvalue weighted by Crippen LogP contribution is -1.99. The molecule has 92 valence electrons. The van der Waals surface area contributed by atoms with Crippen molar-refractivity contribution in [3.05, 3.63) is 48.0 Å². The second-order valence-corrected chi connectivity index (χ2v) is 3.13. The Morgan fingerprint density at radius 1 is 1.24 bits per heavy atom. The molecule has 17 heavy (non-hydrogen) atoms. The quantitative estimate of drug-likeness (QED) is 0.624. The fourth-order valence-corrected chi connectivity index (χ4v) is 0.719. The smallest absolute Gasteiger partial charge is 0.478 e.